The third kappa shape index (κ3) is 54.1. The summed E-state index contributed by atoms with van der Waals surface area (Å²) in [6.45, 7) is 4.93. The predicted molar refractivity (Wildman–Crippen MR) is 40.2 cm³/mol. The summed E-state index contributed by atoms with van der Waals surface area (Å²) in [5, 5.41) is 0. The van der Waals surface area contributed by atoms with Crippen molar-refractivity contribution in [2.24, 2.45) is 0 Å². The van der Waals surface area contributed by atoms with E-state index in [2.05, 4.69) is 17.9 Å². The van der Waals surface area contributed by atoms with E-state index in [0.717, 1.165) is 0 Å². The van der Waals surface area contributed by atoms with Gasteiger partial charge in [-0.05, 0) is 6.58 Å². The van der Waals surface area contributed by atoms with Crippen molar-refractivity contribution in [3.63, 3.8) is 0 Å². The summed E-state index contributed by atoms with van der Waals surface area (Å²) in [6.07, 6.45) is -11.9. The molecule has 0 aliphatic heterocycles. The Morgan fingerprint density at radius 1 is 0.882 bits per heavy atom. The number of hydrogen-bond acceptors (Lipinski definition) is 1. The Bertz CT molecular complexity index is 233. The molecule has 0 saturated heterocycles. The smallest absolute Gasteiger partial charge is 0.414 e. The van der Waals surface area contributed by atoms with Crippen molar-refractivity contribution in [3.05, 3.63) is 37.7 Å². The van der Waals surface area contributed by atoms with E-state index in [-0.39, 0.29) is 0 Å². The average molecular weight is 276 g/mol. The molecular weight excluding hydrogens is 271 g/mol. The molecule has 0 rings (SSSR count). The first-order valence-corrected chi connectivity index (χ1v) is 3.15. The third-order valence-corrected chi connectivity index (χ3v) is 0.360. The van der Waals surface area contributed by atoms with E-state index >= 15 is 0 Å². The first-order chi connectivity index (χ1) is 7.44. The summed E-state index contributed by atoms with van der Waals surface area (Å²) >= 11 is 0. The van der Waals surface area contributed by atoms with Gasteiger partial charge in [-0.3, -0.25) is 0 Å². The Morgan fingerprint density at radius 2 is 1.12 bits per heavy atom. The molecule has 0 aliphatic rings. The Morgan fingerprint density at radius 3 is 1.12 bits per heavy atom. The topological polar surface area (TPSA) is 9.23 Å². The predicted octanol–water partition coefficient (Wildman–Crippen LogP) is 5.05. The van der Waals surface area contributed by atoms with E-state index in [1.54, 1.807) is 0 Å². The zero-order valence-electron chi connectivity index (χ0n) is 7.80. The van der Waals surface area contributed by atoms with Crippen molar-refractivity contribution in [3.8, 4) is 0 Å². The van der Waals surface area contributed by atoms with Gasteiger partial charge in [-0.2, -0.15) is 26.3 Å². The molecule has 0 aromatic heterocycles. The van der Waals surface area contributed by atoms with E-state index in [9.17, 15) is 39.5 Å². The molecule has 0 radical (unpaired) electrons. The molecule has 0 amide bonds. The largest absolute Gasteiger partial charge is 0.572 e. The maximum atomic E-state index is 10.8. The lowest BCUT2D eigenvalue weighted by Crippen LogP contribution is -2.07. The van der Waals surface area contributed by atoms with E-state index < -0.39 is 24.6 Å². The lowest BCUT2D eigenvalue weighted by Gasteiger charge is -2.00. The minimum Gasteiger partial charge on any atom is -0.414 e. The van der Waals surface area contributed by atoms with Gasteiger partial charge in [0.05, 0.1) is 6.26 Å². The molecule has 0 fully saturated rings. The molecule has 0 aliphatic carbocycles. The summed E-state index contributed by atoms with van der Waals surface area (Å²) in [5.74, 6) is 0. The van der Waals surface area contributed by atoms with Crippen LogP contribution in [0, 0.1) is 0 Å². The van der Waals surface area contributed by atoms with Crippen LogP contribution in [0.2, 0.25) is 0 Å². The fourth-order valence-corrected chi connectivity index (χ4v) is 0.0945. The Kier molecular flexibility index (Phi) is 13.3. The van der Waals surface area contributed by atoms with Gasteiger partial charge in [-0.1, -0.05) is 6.58 Å². The molecule has 102 valence electrons. The van der Waals surface area contributed by atoms with Gasteiger partial charge >= 0.3 is 18.5 Å². The molecule has 0 bridgehead atoms. The highest BCUT2D eigenvalue weighted by atomic mass is 19.4. The quantitative estimate of drug-likeness (QED) is 0.480. The van der Waals surface area contributed by atoms with Gasteiger partial charge in [-0.25, -0.2) is 0 Å². The fourth-order valence-electron chi connectivity index (χ4n) is 0.0945. The van der Waals surface area contributed by atoms with Gasteiger partial charge in [0.2, 0.25) is 0 Å². The van der Waals surface area contributed by atoms with Crippen LogP contribution in [0.25, 0.3) is 0 Å². The second-order valence-corrected chi connectivity index (χ2v) is 1.59. The maximum absolute atomic E-state index is 10.8. The zero-order valence-corrected chi connectivity index (χ0v) is 7.80. The van der Waals surface area contributed by atoms with Gasteiger partial charge in [0.1, 0.15) is 0 Å². The van der Waals surface area contributed by atoms with Crippen molar-refractivity contribution in [1.29, 1.82) is 0 Å². The highest BCUT2D eigenvalue weighted by Crippen LogP contribution is 2.15. The molecule has 17 heavy (non-hydrogen) atoms. The lowest BCUT2D eigenvalue weighted by molar-refractivity contribution is -0.297. The van der Waals surface area contributed by atoms with Crippen LogP contribution in [-0.2, 0) is 4.74 Å². The van der Waals surface area contributed by atoms with E-state index in [1.807, 2.05) is 0 Å². The monoisotopic (exact) mass is 276 g/mol. The second-order valence-electron chi connectivity index (χ2n) is 1.59. The van der Waals surface area contributed by atoms with Crippen LogP contribution in [0.15, 0.2) is 37.7 Å². The minimum absolute atomic E-state index is 0.333. The van der Waals surface area contributed by atoms with E-state index in [4.69, 9.17) is 0 Å². The molecule has 0 aromatic carbocycles. The molecule has 1 nitrogen and oxygen atoms in total. The van der Waals surface area contributed by atoms with Crippen LogP contribution in [0.1, 0.15) is 0 Å². The summed E-state index contributed by atoms with van der Waals surface area (Å²) in [4.78, 5) is 0. The molecule has 0 atom stereocenters. The molecule has 10 heteroatoms. The fraction of sp³-hybridized carbons (Fsp3) is 0.143. The van der Waals surface area contributed by atoms with Crippen LogP contribution < -0.4 is 0 Å². The second kappa shape index (κ2) is 10.9. The molecule has 0 heterocycles. The Hall–Kier alpha value is -1.61. The third-order valence-electron chi connectivity index (χ3n) is 0.360. The van der Waals surface area contributed by atoms with E-state index in [0.29, 0.717) is 6.26 Å². The van der Waals surface area contributed by atoms with Crippen molar-refractivity contribution < 1.29 is 44.3 Å². The highest BCUT2D eigenvalue weighted by molar-refractivity contribution is 4.77. The van der Waals surface area contributed by atoms with Crippen LogP contribution in [-0.4, -0.2) is 6.36 Å². The van der Waals surface area contributed by atoms with Crippen molar-refractivity contribution in [2.45, 2.75) is 6.36 Å². The van der Waals surface area contributed by atoms with Crippen LogP contribution in [0.4, 0.5) is 39.5 Å². The lowest BCUT2D eigenvalue weighted by atomic mass is 11.1. The Balaban J connectivity index is -0.000000180. The van der Waals surface area contributed by atoms with Crippen molar-refractivity contribution >= 4 is 0 Å². The standard InChI is InChI=1S/C3H3F3O.C2F4.C2H2F2/c1-2-7-3(4,5)6;3-1(4)2(5)6;1-2(3)4/h2H,1H2;;1H2. The average Bonchev–Trinajstić information content (AvgIpc) is 2.00. The zero-order chi connectivity index (χ0) is 14.6. The van der Waals surface area contributed by atoms with Gasteiger partial charge in [0.15, 0.2) is 0 Å². The van der Waals surface area contributed by atoms with Crippen LogP contribution in [0.3, 0.4) is 0 Å². The normalized spacial score (nSPS) is 8.76. The number of alkyl halides is 3. The SMILES string of the molecule is C=C(F)F.C=COC(F)(F)F.FC(F)=C(F)F. The number of hydrogen-bond donors (Lipinski definition) is 0. The summed E-state index contributed by atoms with van der Waals surface area (Å²) in [7, 11) is 0. The maximum Gasteiger partial charge on any atom is 0.572 e. The van der Waals surface area contributed by atoms with Crippen molar-refractivity contribution in [2.75, 3.05) is 0 Å². The first kappa shape index (κ1) is 20.8. The molecular formula is C7H5F9O. The van der Waals surface area contributed by atoms with Crippen LogP contribution >= 0.6 is 0 Å². The molecule has 0 N–H and O–H groups in total. The summed E-state index contributed by atoms with van der Waals surface area (Å²) in [5.41, 5.74) is 0. The highest BCUT2D eigenvalue weighted by Gasteiger charge is 2.28. The number of ether oxygens (including phenoxy) is 1. The van der Waals surface area contributed by atoms with Gasteiger partial charge in [0, 0.05) is 0 Å². The summed E-state index contributed by atoms with van der Waals surface area (Å²) < 4.78 is 96.7. The molecule has 0 aromatic rings. The van der Waals surface area contributed by atoms with Gasteiger partial charge in [-0.15, -0.1) is 13.2 Å². The van der Waals surface area contributed by atoms with Crippen molar-refractivity contribution in [1.82, 2.24) is 0 Å². The van der Waals surface area contributed by atoms with E-state index in [1.165, 1.54) is 0 Å². The number of halogens is 9. The molecule has 0 spiro atoms. The molecule has 0 saturated carbocycles. The Labute approximate surface area is 89.5 Å². The summed E-state index contributed by atoms with van der Waals surface area (Å²) in [6, 6.07) is 0. The number of rotatable bonds is 1. The van der Waals surface area contributed by atoms with Gasteiger partial charge < -0.3 is 4.74 Å². The minimum atomic E-state index is -4.57. The first-order valence-electron chi connectivity index (χ1n) is 3.15. The van der Waals surface area contributed by atoms with Crippen LogP contribution in [0.5, 0.6) is 0 Å². The molecule has 0 unspecified atom stereocenters. The van der Waals surface area contributed by atoms with Gasteiger partial charge in [0.25, 0.3) is 6.08 Å².